The first-order valence-electron chi connectivity index (χ1n) is 16.7. The zero-order valence-corrected chi connectivity index (χ0v) is 33.5. The summed E-state index contributed by atoms with van der Waals surface area (Å²) >= 11 is 5.26. The zero-order chi connectivity index (χ0) is 44.7. The molecule has 0 aromatic heterocycles. The molecule has 1 atom stereocenters. The molecule has 5 rings (SSSR count). The number of carbonyl (C=O) groups excluding carboxylic acids is 4. The van der Waals surface area contributed by atoms with Crippen molar-refractivity contribution in [1.82, 2.24) is 0 Å². The fraction of sp³-hybridized carbons (Fsp3) is 0.150. The van der Waals surface area contributed by atoms with Gasteiger partial charge >= 0.3 is 23.9 Å². The third-order valence-electron chi connectivity index (χ3n) is 9.01. The van der Waals surface area contributed by atoms with Crippen molar-refractivity contribution in [2.45, 2.75) is 23.9 Å². The summed E-state index contributed by atoms with van der Waals surface area (Å²) in [5.41, 5.74) is -13.1. The first-order valence-corrected chi connectivity index (χ1v) is 18.3. The lowest BCUT2D eigenvalue weighted by Gasteiger charge is -2.36. The van der Waals surface area contributed by atoms with Crippen LogP contribution in [-0.2, 0) is 5.67 Å². The van der Waals surface area contributed by atoms with Crippen LogP contribution < -0.4 is 14.7 Å². The van der Waals surface area contributed by atoms with Gasteiger partial charge in [-0.2, -0.15) is 35.1 Å². The Morgan fingerprint density at radius 3 is 1.20 bits per heavy atom. The van der Waals surface area contributed by atoms with E-state index >= 15 is 13.2 Å². The predicted octanol–water partition coefficient (Wildman–Crippen LogP) is 11.5. The third-order valence-corrected chi connectivity index (χ3v) is 10.2. The number of benzene rings is 5. The fourth-order valence-corrected chi connectivity index (χ4v) is 7.43. The summed E-state index contributed by atoms with van der Waals surface area (Å²) in [5.74, 6) is -15.2. The van der Waals surface area contributed by atoms with Crippen LogP contribution in [-0.4, -0.2) is 56.0 Å². The first-order chi connectivity index (χ1) is 27.9. The SMILES string of the molecule is CN(C(=O)c1ccccc1)c1cccc(C(=O)N(C(=O)c2cccc(N(C)C(=O)c3ccccc3)c2F)c2c(Br)cc(C(F)(C(F)(F)F)C(F)(F)C(F)(F)F)cc2Br)c1F. The van der Waals surface area contributed by atoms with Gasteiger partial charge in [0, 0.05) is 39.7 Å². The number of hydrogen-bond donors (Lipinski definition) is 0. The van der Waals surface area contributed by atoms with E-state index in [0.29, 0.717) is 0 Å². The van der Waals surface area contributed by atoms with Gasteiger partial charge in [0.05, 0.1) is 28.2 Å². The van der Waals surface area contributed by atoms with E-state index in [1.165, 1.54) is 48.5 Å². The van der Waals surface area contributed by atoms with Gasteiger partial charge in [-0.3, -0.25) is 19.2 Å². The third kappa shape index (κ3) is 8.01. The molecule has 1 unspecified atom stereocenters. The van der Waals surface area contributed by atoms with E-state index in [1.54, 1.807) is 12.1 Å². The van der Waals surface area contributed by atoms with Crippen molar-refractivity contribution < 1.29 is 67.5 Å². The van der Waals surface area contributed by atoms with Gasteiger partial charge in [-0.15, -0.1) is 0 Å². The molecule has 0 fully saturated rings. The topological polar surface area (TPSA) is 78.0 Å². The molecule has 0 aliphatic heterocycles. The smallest absolute Gasteiger partial charge is 0.309 e. The Bertz CT molecular complexity index is 2350. The van der Waals surface area contributed by atoms with Gasteiger partial charge in [-0.1, -0.05) is 48.5 Å². The van der Waals surface area contributed by atoms with E-state index in [1.807, 2.05) is 0 Å². The van der Waals surface area contributed by atoms with Gasteiger partial charge < -0.3 is 9.80 Å². The molecule has 0 aliphatic carbocycles. The maximum absolute atomic E-state index is 16.4. The molecule has 0 N–H and O–H groups in total. The van der Waals surface area contributed by atoms with Crippen molar-refractivity contribution in [3.8, 4) is 0 Å². The van der Waals surface area contributed by atoms with Crippen molar-refractivity contribution in [2.24, 2.45) is 0 Å². The van der Waals surface area contributed by atoms with E-state index in [-0.39, 0.29) is 28.2 Å². The highest BCUT2D eigenvalue weighted by molar-refractivity contribution is 9.11. The second-order valence-corrected chi connectivity index (χ2v) is 14.4. The number of halogens is 13. The number of anilines is 3. The predicted molar refractivity (Wildman–Crippen MR) is 204 cm³/mol. The standard InChI is InChI=1S/C40H24Br2F11N3O4/c1-54(33(57)21-11-5-3-6-12-21)28-17-9-15-24(30(28)43)35(59)56(36(60)25-16-10-18-29(31(25)44)55(2)34(58)22-13-7-4-8-14-22)32-26(41)19-23(20-27(32)42)37(45,39(48,49)50)38(46,47)40(51,52)53/h3-20H,1-2H3. The lowest BCUT2D eigenvalue weighted by molar-refractivity contribution is -0.389. The van der Waals surface area contributed by atoms with Crippen LogP contribution in [0.25, 0.3) is 0 Å². The minimum Gasteiger partial charge on any atom is -0.309 e. The van der Waals surface area contributed by atoms with Crippen LogP contribution in [0.1, 0.15) is 47.0 Å². The van der Waals surface area contributed by atoms with Crippen LogP contribution in [0, 0.1) is 11.6 Å². The second kappa shape index (κ2) is 16.8. The summed E-state index contributed by atoms with van der Waals surface area (Å²) in [5, 5.41) is 0. The lowest BCUT2D eigenvalue weighted by atomic mass is 9.87. The Morgan fingerprint density at radius 1 is 0.500 bits per heavy atom. The minimum absolute atomic E-state index is 0.0610. The van der Waals surface area contributed by atoms with Gasteiger partial charge in [0.2, 0.25) is 0 Å². The molecule has 0 aliphatic rings. The lowest BCUT2D eigenvalue weighted by Crippen LogP contribution is -2.59. The Labute approximate surface area is 349 Å². The average molecular weight is 979 g/mol. The summed E-state index contributed by atoms with van der Waals surface area (Å²) in [7, 11) is 2.23. The molecular formula is C40H24Br2F11N3O4. The fourth-order valence-electron chi connectivity index (χ4n) is 5.89. The van der Waals surface area contributed by atoms with Crippen molar-refractivity contribution in [3.05, 3.63) is 158 Å². The number of nitrogens with zero attached hydrogens (tertiary/aromatic N) is 3. The van der Waals surface area contributed by atoms with Crippen LogP contribution >= 0.6 is 31.9 Å². The molecule has 0 saturated carbocycles. The molecule has 0 bridgehead atoms. The Morgan fingerprint density at radius 2 is 0.867 bits per heavy atom. The molecule has 20 heteroatoms. The highest BCUT2D eigenvalue weighted by atomic mass is 79.9. The first kappa shape index (κ1) is 45.5. The van der Waals surface area contributed by atoms with Gasteiger partial charge in [-0.25, -0.2) is 18.1 Å². The Balaban J connectivity index is 1.73. The monoisotopic (exact) mass is 977 g/mol. The molecule has 5 aromatic carbocycles. The number of rotatable bonds is 9. The van der Waals surface area contributed by atoms with E-state index in [4.69, 9.17) is 0 Å². The van der Waals surface area contributed by atoms with Gasteiger partial charge in [0.25, 0.3) is 23.6 Å². The molecular weight excluding hydrogens is 955 g/mol. The highest BCUT2D eigenvalue weighted by Crippen LogP contribution is 2.59. The maximum atomic E-state index is 16.4. The largest absolute Gasteiger partial charge is 0.457 e. The molecule has 314 valence electrons. The molecule has 0 spiro atoms. The number of imide groups is 1. The second-order valence-electron chi connectivity index (χ2n) is 12.7. The van der Waals surface area contributed by atoms with Crippen LogP contribution in [0.5, 0.6) is 0 Å². The zero-order valence-electron chi connectivity index (χ0n) is 30.3. The number of amides is 4. The molecule has 7 nitrogen and oxygen atoms in total. The Hall–Kier alpha value is -5.63. The molecule has 4 amide bonds. The van der Waals surface area contributed by atoms with E-state index in [9.17, 15) is 54.3 Å². The van der Waals surface area contributed by atoms with E-state index in [2.05, 4.69) is 31.9 Å². The number of carbonyl (C=O) groups is 4. The Kier molecular flexibility index (Phi) is 12.7. The number of alkyl halides is 9. The van der Waals surface area contributed by atoms with Crippen molar-refractivity contribution in [2.75, 3.05) is 28.8 Å². The molecule has 0 radical (unpaired) electrons. The summed E-state index contributed by atoms with van der Waals surface area (Å²) in [6.45, 7) is 0. The summed E-state index contributed by atoms with van der Waals surface area (Å²) in [6, 6.07) is 20.0. The quantitative estimate of drug-likeness (QED) is 0.109. The van der Waals surface area contributed by atoms with Gasteiger partial charge in [0.1, 0.15) is 0 Å². The summed E-state index contributed by atoms with van der Waals surface area (Å²) in [4.78, 5) is 56.8. The van der Waals surface area contributed by atoms with Crippen molar-refractivity contribution >= 4 is 72.6 Å². The molecule has 0 heterocycles. The van der Waals surface area contributed by atoms with Crippen molar-refractivity contribution in [3.63, 3.8) is 0 Å². The molecule has 5 aromatic rings. The average Bonchev–Trinajstić information content (AvgIpc) is 3.20. The van der Waals surface area contributed by atoms with Gasteiger partial charge in [-0.05, 0) is 92.5 Å². The van der Waals surface area contributed by atoms with E-state index < -0.39 is 102 Å². The summed E-state index contributed by atoms with van der Waals surface area (Å²) in [6.07, 6.45) is -14.1. The molecule has 0 saturated heterocycles. The van der Waals surface area contributed by atoms with Crippen LogP contribution in [0.15, 0.2) is 118 Å². The normalized spacial score (nSPS) is 13.0. The maximum Gasteiger partial charge on any atom is 0.457 e. The minimum atomic E-state index is -7.12. The van der Waals surface area contributed by atoms with E-state index in [0.717, 1.165) is 60.3 Å². The highest BCUT2D eigenvalue weighted by Gasteiger charge is 2.81. The molecule has 60 heavy (non-hydrogen) atoms. The number of hydrogen-bond acceptors (Lipinski definition) is 4. The van der Waals surface area contributed by atoms with Crippen LogP contribution in [0.3, 0.4) is 0 Å². The van der Waals surface area contributed by atoms with Crippen LogP contribution in [0.2, 0.25) is 0 Å². The van der Waals surface area contributed by atoms with Crippen molar-refractivity contribution in [1.29, 1.82) is 0 Å². The summed E-state index contributed by atoms with van der Waals surface area (Å²) < 4.78 is 157. The van der Waals surface area contributed by atoms with Gasteiger partial charge in [0.15, 0.2) is 11.6 Å². The van der Waals surface area contributed by atoms with Crippen LogP contribution in [0.4, 0.5) is 65.4 Å².